The van der Waals surface area contributed by atoms with Crippen LogP contribution in [0.25, 0.3) is 0 Å². The molecule has 0 spiro atoms. The molecule has 2 nitrogen and oxygen atoms in total. The van der Waals surface area contributed by atoms with E-state index in [2.05, 4.69) is 5.32 Å². The van der Waals surface area contributed by atoms with Gasteiger partial charge in [0, 0.05) is 18.2 Å². The fourth-order valence-corrected chi connectivity index (χ4v) is 1.63. The molecular formula is C12H14F3NO. The van der Waals surface area contributed by atoms with Crippen LogP contribution in [0.1, 0.15) is 24.0 Å². The predicted molar refractivity (Wildman–Crippen MR) is 57.9 cm³/mol. The van der Waals surface area contributed by atoms with Gasteiger partial charge in [0.1, 0.15) is 5.75 Å². The molecule has 1 fully saturated rings. The lowest BCUT2D eigenvalue weighted by Gasteiger charge is -2.13. The van der Waals surface area contributed by atoms with Crippen LogP contribution in [0.3, 0.4) is 0 Å². The minimum absolute atomic E-state index is 0.414. The largest absolute Gasteiger partial charge is 0.496 e. The van der Waals surface area contributed by atoms with Crippen LogP contribution in [0.5, 0.6) is 5.75 Å². The molecule has 2 rings (SSSR count). The van der Waals surface area contributed by atoms with Crippen molar-refractivity contribution in [3.05, 3.63) is 29.3 Å². The van der Waals surface area contributed by atoms with Crippen LogP contribution in [0.4, 0.5) is 13.2 Å². The molecule has 5 heteroatoms. The number of hydrogen-bond acceptors (Lipinski definition) is 2. The van der Waals surface area contributed by atoms with Crippen molar-refractivity contribution in [3.8, 4) is 5.75 Å². The molecule has 1 N–H and O–H groups in total. The van der Waals surface area contributed by atoms with E-state index in [1.807, 2.05) is 0 Å². The average Bonchev–Trinajstić information content (AvgIpc) is 3.08. The first-order valence-corrected chi connectivity index (χ1v) is 5.48. The Bertz CT molecular complexity index is 399. The van der Waals surface area contributed by atoms with Crippen molar-refractivity contribution in [2.24, 2.45) is 0 Å². The number of alkyl halides is 3. The summed E-state index contributed by atoms with van der Waals surface area (Å²) in [6, 6.07) is 4.01. The van der Waals surface area contributed by atoms with Crippen molar-refractivity contribution in [2.45, 2.75) is 31.6 Å². The second-order valence-electron chi connectivity index (χ2n) is 4.18. The number of nitrogens with one attached hydrogen (secondary N) is 1. The van der Waals surface area contributed by atoms with Crippen LogP contribution in [0, 0.1) is 0 Å². The minimum atomic E-state index is -4.30. The van der Waals surface area contributed by atoms with Crippen molar-refractivity contribution in [3.63, 3.8) is 0 Å². The Morgan fingerprint density at radius 2 is 2.06 bits per heavy atom. The zero-order chi connectivity index (χ0) is 12.5. The van der Waals surface area contributed by atoms with Gasteiger partial charge >= 0.3 is 6.18 Å². The molecule has 17 heavy (non-hydrogen) atoms. The van der Waals surface area contributed by atoms with Gasteiger partial charge in [-0.25, -0.2) is 0 Å². The Morgan fingerprint density at radius 1 is 1.35 bits per heavy atom. The molecule has 1 aromatic rings. The highest BCUT2D eigenvalue weighted by molar-refractivity contribution is 5.38. The zero-order valence-corrected chi connectivity index (χ0v) is 9.47. The topological polar surface area (TPSA) is 21.3 Å². The van der Waals surface area contributed by atoms with Gasteiger partial charge in [-0.05, 0) is 31.0 Å². The van der Waals surface area contributed by atoms with Crippen LogP contribution in [-0.2, 0) is 12.7 Å². The van der Waals surface area contributed by atoms with E-state index in [-0.39, 0.29) is 0 Å². The summed E-state index contributed by atoms with van der Waals surface area (Å²) in [7, 11) is 1.46. The number of hydrogen-bond donors (Lipinski definition) is 1. The Morgan fingerprint density at radius 3 is 2.59 bits per heavy atom. The maximum atomic E-state index is 12.6. The van der Waals surface area contributed by atoms with Gasteiger partial charge in [-0.1, -0.05) is 0 Å². The van der Waals surface area contributed by atoms with Crippen LogP contribution in [-0.4, -0.2) is 13.2 Å². The summed E-state index contributed by atoms with van der Waals surface area (Å²) in [4.78, 5) is 0. The molecule has 0 amide bonds. The van der Waals surface area contributed by atoms with Gasteiger partial charge in [0.25, 0.3) is 0 Å². The van der Waals surface area contributed by atoms with E-state index in [1.54, 1.807) is 0 Å². The summed E-state index contributed by atoms with van der Waals surface area (Å²) in [5.74, 6) is 0.492. The Balaban J connectivity index is 2.18. The Hall–Kier alpha value is -1.23. The molecule has 0 saturated heterocycles. The van der Waals surface area contributed by atoms with Crippen molar-refractivity contribution >= 4 is 0 Å². The summed E-state index contributed by atoms with van der Waals surface area (Å²) < 4.78 is 42.7. The predicted octanol–water partition coefficient (Wildman–Crippen LogP) is 2.97. The molecule has 0 heterocycles. The van der Waals surface area contributed by atoms with Gasteiger partial charge in [0.2, 0.25) is 0 Å². The van der Waals surface area contributed by atoms with Crippen LogP contribution in [0.2, 0.25) is 0 Å². The lowest BCUT2D eigenvalue weighted by atomic mass is 10.1. The maximum Gasteiger partial charge on any atom is 0.416 e. The number of methoxy groups -OCH3 is 1. The molecule has 0 aromatic heterocycles. The van der Waals surface area contributed by atoms with Crippen LogP contribution >= 0.6 is 0 Å². The highest BCUT2D eigenvalue weighted by Gasteiger charge is 2.31. The van der Waals surface area contributed by atoms with E-state index in [0.29, 0.717) is 23.9 Å². The number of benzene rings is 1. The normalized spacial score (nSPS) is 16.0. The molecule has 1 aliphatic carbocycles. The van der Waals surface area contributed by atoms with E-state index >= 15 is 0 Å². The summed E-state index contributed by atoms with van der Waals surface area (Å²) in [5, 5.41) is 3.18. The Kier molecular flexibility index (Phi) is 3.28. The van der Waals surface area contributed by atoms with Crippen LogP contribution < -0.4 is 10.1 Å². The van der Waals surface area contributed by atoms with Gasteiger partial charge in [-0.15, -0.1) is 0 Å². The summed E-state index contributed by atoms with van der Waals surface area (Å²) in [6.45, 7) is 0.414. The fourth-order valence-electron chi connectivity index (χ4n) is 1.63. The molecule has 0 unspecified atom stereocenters. The third-order valence-corrected chi connectivity index (χ3v) is 2.77. The highest BCUT2D eigenvalue weighted by Crippen LogP contribution is 2.32. The molecule has 1 aliphatic rings. The zero-order valence-electron chi connectivity index (χ0n) is 9.47. The van der Waals surface area contributed by atoms with Crippen molar-refractivity contribution < 1.29 is 17.9 Å². The lowest BCUT2D eigenvalue weighted by molar-refractivity contribution is -0.137. The lowest BCUT2D eigenvalue weighted by Crippen LogP contribution is -2.16. The monoisotopic (exact) mass is 245 g/mol. The van der Waals surface area contributed by atoms with Gasteiger partial charge in [0.15, 0.2) is 0 Å². The number of halogens is 3. The van der Waals surface area contributed by atoms with Gasteiger partial charge in [-0.3, -0.25) is 0 Å². The molecule has 0 atom stereocenters. The van der Waals surface area contributed by atoms with E-state index in [1.165, 1.54) is 13.2 Å². The SMILES string of the molecule is COc1ccc(C(F)(F)F)cc1CNC1CC1. The van der Waals surface area contributed by atoms with Gasteiger partial charge in [-0.2, -0.15) is 13.2 Å². The van der Waals surface area contributed by atoms with Gasteiger partial charge < -0.3 is 10.1 Å². The van der Waals surface area contributed by atoms with Gasteiger partial charge in [0.05, 0.1) is 12.7 Å². The third-order valence-electron chi connectivity index (χ3n) is 2.77. The molecule has 1 saturated carbocycles. The van der Waals surface area contributed by atoms with Crippen molar-refractivity contribution in [1.82, 2.24) is 5.32 Å². The Labute approximate surface area is 97.8 Å². The number of rotatable bonds is 4. The smallest absolute Gasteiger partial charge is 0.416 e. The standard InChI is InChI=1S/C12H14F3NO/c1-17-11-5-2-9(12(13,14)15)6-8(11)7-16-10-3-4-10/h2,5-6,10,16H,3-4,7H2,1H3. The first kappa shape index (κ1) is 12.2. The van der Waals surface area contributed by atoms with E-state index < -0.39 is 11.7 Å². The fraction of sp³-hybridized carbons (Fsp3) is 0.500. The maximum absolute atomic E-state index is 12.6. The average molecular weight is 245 g/mol. The summed E-state index contributed by atoms with van der Waals surface area (Å²) in [6.07, 6.45) is -2.11. The highest BCUT2D eigenvalue weighted by atomic mass is 19.4. The molecule has 94 valence electrons. The molecule has 0 bridgehead atoms. The van der Waals surface area contributed by atoms with Crippen molar-refractivity contribution in [2.75, 3.05) is 7.11 Å². The van der Waals surface area contributed by atoms with Crippen molar-refractivity contribution in [1.29, 1.82) is 0 Å². The number of ether oxygens (including phenoxy) is 1. The quantitative estimate of drug-likeness (QED) is 0.880. The first-order chi connectivity index (χ1) is 8.00. The minimum Gasteiger partial charge on any atom is -0.496 e. The van der Waals surface area contributed by atoms with E-state index in [0.717, 1.165) is 25.0 Å². The molecule has 1 aromatic carbocycles. The molecule has 0 radical (unpaired) electrons. The molecule has 0 aliphatic heterocycles. The summed E-state index contributed by atoms with van der Waals surface area (Å²) >= 11 is 0. The van der Waals surface area contributed by atoms with Crippen LogP contribution in [0.15, 0.2) is 18.2 Å². The molecular weight excluding hydrogens is 231 g/mol. The summed E-state index contributed by atoms with van der Waals surface area (Å²) in [5.41, 5.74) is -0.0832. The van der Waals surface area contributed by atoms with E-state index in [4.69, 9.17) is 4.74 Å². The third kappa shape index (κ3) is 3.12. The second kappa shape index (κ2) is 4.56. The second-order valence-corrected chi connectivity index (χ2v) is 4.18. The first-order valence-electron chi connectivity index (χ1n) is 5.48. The van der Waals surface area contributed by atoms with E-state index in [9.17, 15) is 13.2 Å².